The van der Waals surface area contributed by atoms with Crippen LogP contribution in [0.4, 0.5) is 4.39 Å². The summed E-state index contributed by atoms with van der Waals surface area (Å²) < 4.78 is 18.5. The fraction of sp³-hybridized carbons (Fsp3) is 0.462. The molecule has 3 nitrogen and oxygen atoms in total. The molecule has 0 radical (unpaired) electrons. The number of hydrogen-bond donors (Lipinski definition) is 1. The number of halogens is 1. The van der Waals surface area contributed by atoms with Crippen LogP contribution in [-0.2, 0) is 11.3 Å². The topological polar surface area (TPSA) is 36.3 Å². The smallest absolute Gasteiger partial charge is 0.128 e. The monoisotopic (exact) mass is 236 g/mol. The summed E-state index contributed by atoms with van der Waals surface area (Å²) in [5, 5.41) is 7.97. The summed E-state index contributed by atoms with van der Waals surface area (Å²) in [6.07, 6.45) is 0.201. The Bertz CT molecular complexity index is 431. The highest BCUT2D eigenvalue weighted by Crippen LogP contribution is 2.23. The molecule has 0 fully saturated rings. The molecule has 0 amide bonds. The van der Waals surface area contributed by atoms with Crippen molar-refractivity contribution in [3.8, 4) is 0 Å². The van der Waals surface area contributed by atoms with Gasteiger partial charge in [-0.05, 0) is 31.5 Å². The number of ether oxygens (including phenoxy) is 1. The second-order valence-electron chi connectivity index (χ2n) is 4.49. The molecule has 1 aromatic carbocycles. The molecule has 1 aromatic rings. The molecule has 0 aliphatic carbocycles. The van der Waals surface area contributed by atoms with Crippen LogP contribution in [0.1, 0.15) is 25.0 Å². The third-order valence-corrected chi connectivity index (χ3v) is 2.82. The van der Waals surface area contributed by atoms with E-state index in [0.29, 0.717) is 31.1 Å². The quantitative estimate of drug-likeness (QED) is 0.871. The van der Waals surface area contributed by atoms with Gasteiger partial charge in [0, 0.05) is 18.7 Å². The number of hydrogen-bond acceptors (Lipinski definition) is 2. The summed E-state index contributed by atoms with van der Waals surface area (Å²) in [5.74, 6) is 0.112. The Morgan fingerprint density at radius 1 is 1.47 bits per heavy atom. The van der Waals surface area contributed by atoms with E-state index >= 15 is 0 Å². The Balaban J connectivity index is 2.00. The number of nitrogens with one attached hydrogen (secondary N) is 1. The third-order valence-electron chi connectivity index (χ3n) is 2.82. The minimum Gasteiger partial charge on any atom is -0.377 e. The summed E-state index contributed by atoms with van der Waals surface area (Å²) in [6, 6.07) is 4.63. The first-order valence-electron chi connectivity index (χ1n) is 5.82. The Morgan fingerprint density at radius 2 is 2.24 bits per heavy atom. The molecular weight excluding hydrogens is 219 g/mol. The van der Waals surface area contributed by atoms with E-state index in [1.165, 1.54) is 12.1 Å². The van der Waals surface area contributed by atoms with Gasteiger partial charge in [-0.25, -0.2) is 4.39 Å². The van der Waals surface area contributed by atoms with Gasteiger partial charge in [0.25, 0.3) is 0 Å². The molecule has 2 rings (SSSR count). The van der Waals surface area contributed by atoms with Gasteiger partial charge >= 0.3 is 0 Å². The second-order valence-corrected chi connectivity index (χ2v) is 4.49. The third kappa shape index (κ3) is 2.64. The highest BCUT2D eigenvalue weighted by Gasteiger charge is 2.24. The van der Waals surface area contributed by atoms with Crippen molar-refractivity contribution in [2.45, 2.75) is 26.5 Å². The maximum atomic E-state index is 13.1. The molecule has 0 spiro atoms. The summed E-state index contributed by atoms with van der Waals surface area (Å²) in [7, 11) is 0. The van der Waals surface area contributed by atoms with Gasteiger partial charge in [-0.15, -0.1) is 0 Å². The molecule has 92 valence electrons. The van der Waals surface area contributed by atoms with Crippen LogP contribution in [0.3, 0.4) is 0 Å². The van der Waals surface area contributed by atoms with Crippen molar-refractivity contribution in [3.63, 3.8) is 0 Å². The molecule has 1 N–H and O–H groups in total. The zero-order valence-corrected chi connectivity index (χ0v) is 10.2. The van der Waals surface area contributed by atoms with Crippen LogP contribution in [0.25, 0.3) is 0 Å². The lowest BCUT2D eigenvalue weighted by atomic mass is 10.1. The fourth-order valence-corrected chi connectivity index (χ4v) is 1.95. The Hall–Kier alpha value is -1.42. The van der Waals surface area contributed by atoms with Crippen molar-refractivity contribution in [1.82, 2.24) is 4.90 Å². The maximum absolute atomic E-state index is 13.1. The predicted octanol–water partition coefficient (Wildman–Crippen LogP) is 2.39. The van der Waals surface area contributed by atoms with Crippen molar-refractivity contribution in [2.75, 3.05) is 13.2 Å². The summed E-state index contributed by atoms with van der Waals surface area (Å²) in [5.41, 5.74) is 1.72. The molecule has 0 atom stereocenters. The van der Waals surface area contributed by atoms with Crippen molar-refractivity contribution in [3.05, 3.63) is 35.1 Å². The van der Waals surface area contributed by atoms with Gasteiger partial charge < -0.3 is 9.64 Å². The van der Waals surface area contributed by atoms with Crippen molar-refractivity contribution >= 4 is 5.84 Å². The Kier molecular flexibility index (Phi) is 3.43. The lowest BCUT2D eigenvalue weighted by molar-refractivity contribution is 0.0697. The number of fused-ring (bicyclic) bond motifs is 1. The first kappa shape index (κ1) is 12.0. The molecule has 17 heavy (non-hydrogen) atoms. The van der Waals surface area contributed by atoms with Gasteiger partial charge in [-0.3, -0.25) is 5.41 Å². The van der Waals surface area contributed by atoms with Crippen LogP contribution in [0.15, 0.2) is 18.2 Å². The number of benzene rings is 1. The summed E-state index contributed by atoms with van der Waals surface area (Å²) in [6.45, 7) is 5.92. The zero-order chi connectivity index (χ0) is 12.4. The standard InChI is InChI=1S/C13H17FN2O/c1-9(2)17-6-5-16-8-10-3-4-11(14)7-12(10)13(16)15/h3-4,7,9,15H,5-6,8H2,1-2H3. The minimum absolute atomic E-state index is 0.201. The van der Waals surface area contributed by atoms with Gasteiger partial charge in [0.05, 0.1) is 12.7 Å². The van der Waals surface area contributed by atoms with Crippen LogP contribution < -0.4 is 0 Å². The average Bonchev–Trinajstić information content (AvgIpc) is 2.56. The number of amidine groups is 1. The van der Waals surface area contributed by atoms with Crippen molar-refractivity contribution < 1.29 is 9.13 Å². The van der Waals surface area contributed by atoms with E-state index in [4.69, 9.17) is 10.1 Å². The molecule has 0 unspecified atom stereocenters. The zero-order valence-electron chi connectivity index (χ0n) is 10.2. The van der Waals surface area contributed by atoms with Crippen molar-refractivity contribution in [1.29, 1.82) is 5.41 Å². The normalized spacial score (nSPS) is 14.6. The fourth-order valence-electron chi connectivity index (χ4n) is 1.95. The van der Waals surface area contributed by atoms with E-state index in [0.717, 1.165) is 5.56 Å². The van der Waals surface area contributed by atoms with Gasteiger partial charge in [0.2, 0.25) is 0 Å². The van der Waals surface area contributed by atoms with Gasteiger partial charge in [0.1, 0.15) is 11.7 Å². The first-order valence-corrected chi connectivity index (χ1v) is 5.82. The SMILES string of the molecule is CC(C)OCCN1Cc2ccc(F)cc2C1=N. The van der Waals surface area contributed by atoms with Crippen LogP contribution in [0.5, 0.6) is 0 Å². The minimum atomic E-state index is -0.284. The predicted molar refractivity (Wildman–Crippen MR) is 64.7 cm³/mol. The molecule has 1 heterocycles. The van der Waals surface area contributed by atoms with E-state index in [2.05, 4.69) is 0 Å². The summed E-state index contributed by atoms with van der Waals surface area (Å²) in [4.78, 5) is 1.91. The highest BCUT2D eigenvalue weighted by atomic mass is 19.1. The van der Waals surface area contributed by atoms with E-state index < -0.39 is 0 Å². The molecular formula is C13H17FN2O. The first-order chi connectivity index (χ1) is 8.08. The molecule has 0 bridgehead atoms. The molecule has 1 aliphatic heterocycles. The highest BCUT2D eigenvalue weighted by molar-refractivity contribution is 6.00. The number of rotatable bonds is 4. The van der Waals surface area contributed by atoms with E-state index in [9.17, 15) is 4.39 Å². The maximum Gasteiger partial charge on any atom is 0.128 e. The molecule has 0 saturated heterocycles. The molecule has 0 saturated carbocycles. The molecule has 0 aromatic heterocycles. The van der Waals surface area contributed by atoms with E-state index in [1.54, 1.807) is 6.07 Å². The van der Waals surface area contributed by atoms with E-state index in [-0.39, 0.29) is 11.9 Å². The number of nitrogens with zero attached hydrogens (tertiary/aromatic N) is 1. The Labute approximate surface area is 101 Å². The van der Waals surface area contributed by atoms with Crippen LogP contribution in [0, 0.1) is 11.2 Å². The molecule has 4 heteroatoms. The van der Waals surface area contributed by atoms with Crippen molar-refractivity contribution in [2.24, 2.45) is 0 Å². The van der Waals surface area contributed by atoms with Crippen LogP contribution >= 0.6 is 0 Å². The largest absolute Gasteiger partial charge is 0.377 e. The average molecular weight is 236 g/mol. The van der Waals surface area contributed by atoms with E-state index in [1.807, 2.05) is 18.7 Å². The molecule has 1 aliphatic rings. The Morgan fingerprint density at radius 3 is 2.94 bits per heavy atom. The summed E-state index contributed by atoms with van der Waals surface area (Å²) >= 11 is 0. The van der Waals surface area contributed by atoms with Gasteiger partial charge in [0.15, 0.2) is 0 Å². The van der Waals surface area contributed by atoms with Gasteiger partial charge in [-0.1, -0.05) is 6.07 Å². The van der Waals surface area contributed by atoms with Gasteiger partial charge in [-0.2, -0.15) is 0 Å². The lowest BCUT2D eigenvalue weighted by Gasteiger charge is -2.18. The van der Waals surface area contributed by atoms with Crippen LogP contribution in [0.2, 0.25) is 0 Å². The lowest BCUT2D eigenvalue weighted by Crippen LogP contribution is -2.28. The second kappa shape index (κ2) is 4.84. The van der Waals surface area contributed by atoms with Crippen LogP contribution in [-0.4, -0.2) is 30.0 Å².